The summed E-state index contributed by atoms with van der Waals surface area (Å²) in [6.45, 7) is 0.801. The summed E-state index contributed by atoms with van der Waals surface area (Å²) in [4.78, 5) is 0. The van der Waals surface area contributed by atoms with Crippen LogP contribution < -0.4 is 0 Å². The Balaban J connectivity index is 2.20. The van der Waals surface area contributed by atoms with Gasteiger partial charge in [-0.2, -0.15) is 0 Å². The fraction of sp³-hybridized carbons (Fsp3) is 0.167. The van der Waals surface area contributed by atoms with Crippen molar-refractivity contribution in [3.8, 4) is 0 Å². The van der Waals surface area contributed by atoms with E-state index in [4.69, 9.17) is 4.74 Å². The van der Waals surface area contributed by atoms with Gasteiger partial charge >= 0.3 is 0 Å². The first-order chi connectivity index (χ1) is 6.45. The van der Waals surface area contributed by atoms with Gasteiger partial charge in [0.25, 0.3) is 0 Å². The molecule has 0 atom stereocenters. The molecule has 0 bridgehead atoms. The van der Waals surface area contributed by atoms with E-state index < -0.39 is 0 Å². The molecule has 0 amide bonds. The average molecular weight is 172 g/mol. The lowest BCUT2D eigenvalue weighted by Gasteiger charge is -2.09. The highest BCUT2D eigenvalue weighted by atomic mass is 16.5. The maximum atomic E-state index is 5.46. The molecule has 0 spiro atoms. The number of ether oxygens (including phenoxy) is 1. The molecular formula is C12H12O. The minimum Gasteiger partial charge on any atom is -0.493 e. The molecule has 13 heavy (non-hydrogen) atoms. The monoisotopic (exact) mass is 172 g/mol. The first-order valence-corrected chi connectivity index (χ1v) is 4.51. The van der Waals surface area contributed by atoms with Crippen LogP contribution in [0.25, 0.3) is 6.08 Å². The fourth-order valence-corrected chi connectivity index (χ4v) is 1.30. The lowest BCUT2D eigenvalue weighted by Crippen LogP contribution is -1.96. The van der Waals surface area contributed by atoms with Gasteiger partial charge in [0.2, 0.25) is 0 Å². The Kier molecular flexibility index (Phi) is 2.46. The van der Waals surface area contributed by atoms with E-state index in [1.165, 1.54) is 5.56 Å². The van der Waals surface area contributed by atoms with Crippen LogP contribution in [-0.2, 0) is 4.74 Å². The molecule has 0 fully saturated rings. The molecular weight excluding hydrogens is 160 g/mol. The summed E-state index contributed by atoms with van der Waals surface area (Å²) in [5, 5.41) is 0. The van der Waals surface area contributed by atoms with Crippen LogP contribution in [0.1, 0.15) is 12.0 Å². The van der Waals surface area contributed by atoms with E-state index in [2.05, 4.69) is 24.3 Å². The summed E-state index contributed by atoms with van der Waals surface area (Å²) in [5.41, 5.74) is 1.18. The van der Waals surface area contributed by atoms with Crippen LogP contribution in [0.2, 0.25) is 0 Å². The standard InChI is InChI=1S/C12H12O/c1-2-6-11(7-3-1)10-12-8-4-5-9-13-12/h1-4,6-8,10H,5,9H2/b12-10-. The van der Waals surface area contributed by atoms with Crippen LogP contribution >= 0.6 is 0 Å². The van der Waals surface area contributed by atoms with Crippen LogP contribution in [-0.4, -0.2) is 6.61 Å². The van der Waals surface area contributed by atoms with Gasteiger partial charge in [0, 0.05) is 0 Å². The predicted molar refractivity (Wildman–Crippen MR) is 54.1 cm³/mol. The van der Waals surface area contributed by atoms with Crippen LogP contribution in [0, 0.1) is 0 Å². The van der Waals surface area contributed by atoms with E-state index in [0.29, 0.717) is 0 Å². The van der Waals surface area contributed by atoms with Gasteiger partial charge in [0.15, 0.2) is 0 Å². The highest BCUT2D eigenvalue weighted by molar-refractivity contribution is 5.53. The van der Waals surface area contributed by atoms with Crippen molar-refractivity contribution < 1.29 is 4.74 Å². The quantitative estimate of drug-likeness (QED) is 0.632. The molecule has 1 aliphatic heterocycles. The molecule has 0 saturated heterocycles. The SMILES string of the molecule is C1=C/C(=C/c2ccccc2)OCC1. The van der Waals surface area contributed by atoms with E-state index in [9.17, 15) is 0 Å². The second-order valence-electron chi connectivity index (χ2n) is 3.00. The van der Waals surface area contributed by atoms with Crippen molar-refractivity contribution in [3.05, 3.63) is 53.8 Å². The molecule has 0 unspecified atom stereocenters. The van der Waals surface area contributed by atoms with Crippen molar-refractivity contribution >= 4 is 6.08 Å². The van der Waals surface area contributed by atoms with E-state index in [1.54, 1.807) is 0 Å². The molecule has 1 heteroatoms. The summed E-state index contributed by atoms with van der Waals surface area (Å²) < 4.78 is 5.46. The summed E-state index contributed by atoms with van der Waals surface area (Å²) in [7, 11) is 0. The second-order valence-corrected chi connectivity index (χ2v) is 3.00. The van der Waals surface area contributed by atoms with Crippen LogP contribution in [0.3, 0.4) is 0 Å². The third-order valence-electron chi connectivity index (χ3n) is 1.94. The number of hydrogen-bond donors (Lipinski definition) is 0. The Bertz CT molecular complexity index is 322. The van der Waals surface area contributed by atoms with Crippen molar-refractivity contribution in [1.82, 2.24) is 0 Å². The highest BCUT2D eigenvalue weighted by Gasteiger charge is 1.98. The molecule has 1 aliphatic rings. The Morgan fingerprint density at radius 1 is 1.15 bits per heavy atom. The van der Waals surface area contributed by atoms with Crippen molar-refractivity contribution in [3.63, 3.8) is 0 Å². The molecule has 0 aromatic heterocycles. The summed E-state index contributed by atoms with van der Waals surface area (Å²) >= 11 is 0. The van der Waals surface area contributed by atoms with Crippen molar-refractivity contribution in [2.24, 2.45) is 0 Å². The Morgan fingerprint density at radius 2 is 2.00 bits per heavy atom. The lowest BCUT2D eigenvalue weighted by molar-refractivity contribution is 0.225. The van der Waals surface area contributed by atoms with Crippen molar-refractivity contribution in [2.75, 3.05) is 6.61 Å². The summed E-state index contributed by atoms with van der Waals surface area (Å²) in [5.74, 6) is 0.956. The largest absolute Gasteiger partial charge is 0.493 e. The van der Waals surface area contributed by atoms with Crippen molar-refractivity contribution in [2.45, 2.75) is 6.42 Å². The van der Waals surface area contributed by atoms with Gasteiger partial charge in [-0.3, -0.25) is 0 Å². The molecule has 1 nitrogen and oxygen atoms in total. The maximum absolute atomic E-state index is 5.46. The van der Waals surface area contributed by atoms with Crippen LogP contribution in [0.4, 0.5) is 0 Å². The minimum absolute atomic E-state index is 0.801. The predicted octanol–water partition coefficient (Wildman–Crippen LogP) is 3.00. The second kappa shape index (κ2) is 3.94. The highest BCUT2D eigenvalue weighted by Crippen LogP contribution is 2.12. The Morgan fingerprint density at radius 3 is 2.69 bits per heavy atom. The first-order valence-electron chi connectivity index (χ1n) is 4.51. The zero-order valence-electron chi connectivity index (χ0n) is 7.44. The Hall–Kier alpha value is -1.50. The zero-order valence-corrected chi connectivity index (χ0v) is 7.44. The third kappa shape index (κ3) is 2.22. The molecule has 2 rings (SSSR count). The zero-order chi connectivity index (χ0) is 8.93. The van der Waals surface area contributed by atoms with Crippen LogP contribution in [0.5, 0.6) is 0 Å². The summed E-state index contributed by atoms with van der Waals surface area (Å²) in [6.07, 6.45) is 7.23. The third-order valence-corrected chi connectivity index (χ3v) is 1.94. The Labute approximate surface area is 78.3 Å². The van der Waals surface area contributed by atoms with Gasteiger partial charge in [-0.05, 0) is 24.1 Å². The molecule has 66 valence electrons. The molecule has 0 radical (unpaired) electrons. The van der Waals surface area contributed by atoms with Gasteiger partial charge in [-0.1, -0.05) is 36.4 Å². The van der Waals surface area contributed by atoms with Gasteiger partial charge < -0.3 is 4.74 Å². The minimum atomic E-state index is 0.801. The van der Waals surface area contributed by atoms with E-state index in [1.807, 2.05) is 24.3 Å². The average Bonchev–Trinajstić information content (AvgIpc) is 2.21. The molecule has 0 N–H and O–H groups in total. The topological polar surface area (TPSA) is 9.23 Å². The van der Waals surface area contributed by atoms with Gasteiger partial charge in [0.05, 0.1) is 6.61 Å². The lowest BCUT2D eigenvalue weighted by atomic mass is 10.2. The number of hydrogen-bond acceptors (Lipinski definition) is 1. The molecule has 1 aromatic carbocycles. The molecule has 0 aliphatic carbocycles. The van der Waals surface area contributed by atoms with Crippen molar-refractivity contribution in [1.29, 1.82) is 0 Å². The molecule has 1 heterocycles. The maximum Gasteiger partial charge on any atom is 0.119 e. The smallest absolute Gasteiger partial charge is 0.119 e. The van der Waals surface area contributed by atoms with Gasteiger partial charge in [-0.25, -0.2) is 0 Å². The van der Waals surface area contributed by atoms with Crippen LogP contribution in [0.15, 0.2) is 48.2 Å². The van der Waals surface area contributed by atoms with E-state index in [0.717, 1.165) is 18.8 Å². The number of benzene rings is 1. The fourth-order valence-electron chi connectivity index (χ4n) is 1.30. The van der Waals surface area contributed by atoms with E-state index in [-0.39, 0.29) is 0 Å². The van der Waals surface area contributed by atoms with Gasteiger partial charge in [0.1, 0.15) is 5.76 Å². The molecule has 1 aromatic rings. The first kappa shape index (κ1) is 8.11. The summed E-state index contributed by atoms with van der Waals surface area (Å²) in [6, 6.07) is 10.2. The number of allylic oxidation sites excluding steroid dienone is 1. The number of rotatable bonds is 1. The van der Waals surface area contributed by atoms with E-state index >= 15 is 0 Å². The molecule has 0 saturated carbocycles. The normalized spacial score (nSPS) is 18.6. The van der Waals surface area contributed by atoms with Gasteiger partial charge in [-0.15, -0.1) is 0 Å².